The van der Waals surface area contributed by atoms with Crippen LogP contribution in [0, 0.1) is 11.3 Å². The maximum atomic E-state index is 12.0. The number of nitrogens with zero attached hydrogens (tertiary/aromatic N) is 1. The predicted molar refractivity (Wildman–Crippen MR) is 70.2 cm³/mol. The number of nitrogens with one attached hydrogen (secondary N) is 1. The van der Waals surface area contributed by atoms with Crippen molar-refractivity contribution >= 4 is 24.3 Å². The smallest absolute Gasteiger partial charge is 0.405 e. The molecule has 1 aliphatic carbocycles. The lowest BCUT2D eigenvalue weighted by Crippen LogP contribution is -2.42. The Morgan fingerprint density at radius 1 is 1.38 bits per heavy atom. The van der Waals surface area contributed by atoms with Crippen molar-refractivity contribution in [2.75, 3.05) is 26.2 Å². The Hall–Kier alpha value is -1.02. The zero-order valence-corrected chi connectivity index (χ0v) is 12.1. The Kier molecular flexibility index (Phi) is 5.49. The molecular weight excluding hydrogens is 313 g/mol. The average Bonchev–Trinajstić information content (AvgIpc) is 2.82. The first kappa shape index (κ1) is 18.0. The van der Waals surface area contributed by atoms with E-state index < -0.39 is 30.0 Å². The van der Waals surface area contributed by atoms with Gasteiger partial charge in [0.05, 0.1) is 12.0 Å². The van der Waals surface area contributed by atoms with Crippen LogP contribution in [0.15, 0.2) is 0 Å². The van der Waals surface area contributed by atoms with E-state index in [0.29, 0.717) is 13.0 Å². The van der Waals surface area contributed by atoms with E-state index >= 15 is 0 Å². The maximum absolute atomic E-state index is 12.0. The van der Waals surface area contributed by atoms with Crippen LogP contribution >= 0.6 is 12.4 Å². The molecule has 0 unspecified atom stereocenters. The number of fused-ring (bicyclic) bond motifs is 1. The molecule has 21 heavy (non-hydrogen) atoms. The number of alkyl halides is 3. The van der Waals surface area contributed by atoms with Crippen molar-refractivity contribution in [3.8, 4) is 0 Å². The molecule has 0 aromatic heterocycles. The third kappa shape index (κ3) is 4.00. The SMILES string of the molecule is Cl.O=C(CN1C[C@@H]2CCC[C@@]2(C(=O)O)C1)NCC(F)(F)F. The number of amides is 1. The Labute approximate surface area is 126 Å². The van der Waals surface area contributed by atoms with Crippen LogP contribution < -0.4 is 5.32 Å². The Bertz CT molecular complexity index is 419. The Morgan fingerprint density at radius 3 is 2.57 bits per heavy atom. The third-order valence-corrected chi connectivity index (χ3v) is 4.22. The highest BCUT2D eigenvalue weighted by atomic mass is 35.5. The molecule has 9 heteroatoms. The summed E-state index contributed by atoms with van der Waals surface area (Å²) in [5, 5.41) is 11.2. The van der Waals surface area contributed by atoms with Crippen molar-refractivity contribution < 1.29 is 27.9 Å². The molecule has 2 rings (SSSR count). The molecule has 0 bridgehead atoms. The van der Waals surface area contributed by atoms with Crippen LogP contribution in [0.2, 0.25) is 0 Å². The van der Waals surface area contributed by atoms with Gasteiger partial charge < -0.3 is 10.4 Å². The van der Waals surface area contributed by atoms with E-state index in [1.54, 1.807) is 10.2 Å². The molecule has 122 valence electrons. The fourth-order valence-electron chi connectivity index (χ4n) is 3.32. The number of hydrogen-bond donors (Lipinski definition) is 2. The molecule has 2 aliphatic rings. The number of carboxylic acid groups (broad SMARTS) is 1. The standard InChI is InChI=1S/C12H17F3N2O3.ClH/c13-12(14,15)6-16-9(18)5-17-4-8-2-1-3-11(8,7-17)10(19)20;/h8H,1-7H2,(H,16,18)(H,19,20);1H/t8-,11+;/m0./s1. The molecule has 5 nitrogen and oxygen atoms in total. The molecule has 1 aliphatic heterocycles. The second kappa shape index (κ2) is 6.39. The van der Waals surface area contributed by atoms with Crippen molar-refractivity contribution in [3.05, 3.63) is 0 Å². The molecule has 2 N–H and O–H groups in total. The van der Waals surface area contributed by atoms with E-state index in [-0.39, 0.29) is 31.4 Å². The molecule has 1 saturated carbocycles. The third-order valence-electron chi connectivity index (χ3n) is 4.22. The number of rotatable bonds is 4. The van der Waals surface area contributed by atoms with Gasteiger partial charge in [0.15, 0.2) is 0 Å². The van der Waals surface area contributed by atoms with E-state index in [1.807, 2.05) is 0 Å². The number of carbonyl (C=O) groups is 2. The summed E-state index contributed by atoms with van der Waals surface area (Å²) in [5.41, 5.74) is -0.815. The summed E-state index contributed by atoms with van der Waals surface area (Å²) in [6, 6.07) is 0. The first-order chi connectivity index (χ1) is 9.23. The maximum Gasteiger partial charge on any atom is 0.405 e. The molecule has 2 atom stereocenters. The second-order valence-corrected chi connectivity index (χ2v) is 5.61. The molecule has 0 aromatic rings. The van der Waals surface area contributed by atoms with Gasteiger partial charge in [-0.3, -0.25) is 14.5 Å². The van der Waals surface area contributed by atoms with Crippen LogP contribution in [-0.4, -0.2) is 54.2 Å². The molecule has 1 saturated heterocycles. The van der Waals surface area contributed by atoms with Gasteiger partial charge in [-0.15, -0.1) is 12.4 Å². The zero-order valence-electron chi connectivity index (χ0n) is 11.3. The van der Waals surface area contributed by atoms with Crippen molar-refractivity contribution in [3.63, 3.8) is 0 Å². The number of aliphatic carboxylic acids is 1. The summed E-state index contributed by atoms with van der Waals surface area (Å²) in [5.74, 6) is -1.59. The summed E-state index contributed by atoms with van der Waals surface area (Å²) in [4.78, 5) is 24.5. The Morgan fingerprint density at radius 2 is 2.05 bits per heavy atom. The molecule has 0 aromatic carbocycles. The fraction of sp³-hybridized carbons (Fsp3) is 0.833. The monoisotopic (exact) mass is 330 g/mol. The second-order valence-electron chi connectivity index (χ2n) is 5.61. The van der Waals surface area contributed by atoms with E-state index in [0.717, 1.165) is 12.8 Å². The van der Waals surface area contributed by atoms with Crippen LogP contribution in [0.25, 0.3) is 0 Å². The number of carbonyl (C=O) groups excluding carboxylic acids is 1. The van der Waals surface area contributed by atoms with Gasteiger partial charge in [0.1, 0.15) is 6.54 Å². The zero-order chi connectivity index (χ0) is 15.0. The van der Waals surface area contributed by atoms with E-state index in [4.69, 9.17) is 0 Å². The Balaban J connectivity index is 0.00000220. The van der Waals surface area contributed by atoms with Gasteiger partial charge >= 0.3 is 12.1 Å². The number of likely N-dealkylation sites (tertiary alicyclic amines) is 1. The number of halogens is 4. The molecule has 0 radical (unpaired) electrons. The number of carboxylic acids is 1. The van der Waals surface area contributed by atoms with Gasteiger partial charge in [0, 0.05) is 13.1 Å². The van der Waals surface area contributed by atoms with Crippen LogP contribution in [0.5, 0.6) is 0 Å². The van der Waals surface area contributed by atoms with Crippen LogP contribution in [-0.2, 0) is 9.59 Å². The minimum Gasteiger partial charge on any atom is -0.481 e. The normalized spacial score (nSPS) is 28.8. The topological polar surface area (TPSA) is 69.6 Å². The summed E-state index contributed by atoms with van der Waals surface area (Å²) < 4.78 is 35.9. The number of hydrogen-bond acceptors (Lipinski definition) is 3. The minimum atomic E-state index is -4.43. The molecular formula is C12H18ClF3N2O3. The van der Waals surface area contributed by atoms with E-state index in [9.17, 15) is 27.9 Å². The van der Waals surface area contributed by atoms with Crippen molar-refractivity contribution in [2.24, 2.45) is 11.3 Å². The highest BCUT2D eigenvalue weighted by Gasteiger charge is 2.54. The molecule has 1 amide bonds. The van der Waals surface area contributed by atoms with Crippen LogP contribution in [0.4, 0.5) is 13.2 Å². The first-order valence-corrected chi connectivity index (χ1v) is 6.52. The largest absolute Gasteiger partial charge is 0.481 e. The quantitative estimate of drug-likeness (QED) is 0.814. The van der Waals surface area contributed by atoms with Gasteiger partial charge in [-0.05, 0) is 18.8 Å². The molecule has 1 heterocycles. The summed E-state index contributed by atoms with van der Waals surface area (Å²) in [7, 11) is 0. The van der Waals surface area contributed by atoms with E-state index in [2.05, 4.69) is 0 Å². The summed E-state index contributed by atoms with van der Waals surface area (Å²) >= 11 is 0. The lowest BCUT2D eigenvalue weighted by molar-refractivity contribution is -0.149. The summed E-state index contributed by atoms with van der Waals surface area (Å²) in [6.07, 6.45) is -2.20. The van der Waals surface area contributed by atoms with Crippen molar-refractivity contribution in [1.82, 2.24) is 10.2 Å². The molecule has 2 fully saturated rings. The highest BCUT2D eigenvalue weighted by Crippen LogP contribution is 2.48. The van der Waals surface area contributed by atoms with Crippen LogP contribution in [0.3, 0.4) is 0 Å². The van der Waals surface area contributed by atoms with Crippen LogP contribution in [0.1, 0.15) is 19.3 Å². The fourth-order valence-corrected chi connectivity index (χ4v) is 3.32. The van der Waals surface area contributed by atoms with Gasteiger partial charge in [-0.25, -0.2) is 0 Å². The van der Waals surface area contributed by atoms with Gasteiger partial charge in [-0.2, -0.15) is 13.2 Å². The lowest BCUT2D eigenvalue weighted by atomic mass is 9.81. The molecule has 0 spiro atoms. The van der Waals surface area contributed by atoms with Crippen molar-refractivity contribution in [1.29, 1.82) is 0 Å². The highest BCUT2D eigenvalue weighted by molar-refractivity contribution is 5.85. The van der Waals surface area contributed by atoms with Gasteiger partial charge in [0.2, 0.25) is 5.91 Å². The predicted octanol–water partition coefficient (Wildman–Crippen LogP) is 1.27. The minimum absolute atomic E-state index is 0. The summed E-state index contributed by atoms with van der Waals surface area (Å²) in [6.45, 7) is -0.826. The average molecular weight is 331 g/mol. The van der Waals surface area contributed by atoms with Crippen molar-refractivity contribution in [2.45, 2.75) is 25.4 Å². The van der Waals surface area contributed by atoms with Gasteiger partial charge in [0.25, 0.3) is 0 Å². The lowest BCUT2D eigenvalue weighted by Gasteiger charge is -2.23. The van der Waals surface area contributed by atoms with Gasteiger partial charge in [-0.1, -0.05) is 6.42 Å². The van der Waals surface area contributed by atoms with E-state index in [1.165, 1.54) is 0 Å². The first-order valence-electron chi connectivity index (χ1n) is 6.52.